The maximum Gasteiger partial charge on any atom is 0.307 e. The molecule has 1 amide bonds. The minimum Gasteiger partial charge on any atom is -0.481 e. The number of rotatable bonds is 4. The first-order valence-electron chi connectivity index (χ1n) is 7.62. The van der Waals surface area contributed by atoms with Gasteiger partial charge in [-0.25, -0.2) is 0 Å². The van der Waals surface area contributed by atoms with Crippen LogP contribution in [0.1, 0.15) is 51.0 Å². The maximum atomic E-state index is 12.3. The normalized spacial score (nSPS) is 22.0. The molecule has 0 radical (unpaired) electrons. The third kappa shape index (κ3) is 3.84. The average molecular weight is 289 g/mol. The topological polar surface area (TPSA) is 66.4 Å². The van der Waals surface area contributed by atoms with Crippen LogP contribution >= 0.6 is 0 Å². The second-order valence-corrected chi connectivity index (χ2v) is 6.10. The summed E-state index contributed by atoms with van der Waals surface area (Å²) in [5, 5.41) is 12.1. The summed E-state index contributed by atoms with van der Waals surface area (Å²) in [6.07, 6.45) is 3.07. The van der Waals surface area contributed by atoms with E-state index in [0.29, 0.717) is 18.8 Å². The lowest BCUT2D eigenvalue weighted by molar-refractivity contribution is -0.147. The molecule has 4 heteroatoms. The molecule has 1 aromatic carbocycles. The number of benzene rings is 1. The monoisotopic (exact) mass is 289 g/mol. The van der Waals surface area contributed by atoms with Crippen LogP contribution in [-0.4, -0.2) is 17.0 Å². The molecule has 0 bridgehead atoms. The number of carboxylic acids is 1. The molecule has 4 nitrogen and oxygen atoms in total. The SMILES string of the molecule is CC(C)c1ccc(NC(=O)[C@H]2CCCC[C@@H]2C(=O)O)cc1. The molecule has 2 rings (SSSR count). The minimum atomic E-state index is -0.856. The molecule has 1 aliphatic rings. The quantitative estimate of drug-likeness (QED) is 0.889. The first-order chi connectivity index (χ1) is 9.99. The van der Waals surface area contributed by atoms with Crippen molar-refractivity contribution in [3.63, 3.8) is 0 Å². The first-order valence-corrected chi connectivity index (χ1v) is 7.62. The maximum absolute atomic E-state index is 12.3. The van der Waals surface area contributed by atoms with Crippen LogP contribution < -0.4 is 5.32 Å². The highest BCUT2D eigenvalue weighted by molar-refractivity contribution is 5.95. The van der Waals surface area contributed by atoms with Gasteiger partial charge in [0.1, 0.15) is 0 Å². The van der Waals surface area contributed by atoms with E-state index in [9.17, 15) is 14.7 Å². The number of carbonyl (C=O) groups excluding carboxylic acids is 1. The third-order valence-electron chi connectivity index (χ3n) is 4.26. The van der Waals surface area contributed by atoms with Crippen molar-refractivity contribution < 1.29 is 14.7 Å². The van der Waals surface area contributed by atoms with Gasteiger partial charge in [-0.3, -0.25) is 9.59 Å². The van der Waals surface area contributed by atoms with Gasteiger partial charge in [0, 0.05) is 5.69 Å². The van der Waals surface area contributed by atoms with Crippen molar-refractivity contribution in [1.29, 1.82) is 0 Å². The molecule has 21 heavy (non-hydrogen) atoms. The van der Waals surface area contributed by atoms with Gasteiger partial charge in [-0.05, 0) is 36.5 Å². The van der Waals surface area contributed by atoms with Gasteiger partial charge in [-0.1, -0.05) is 38.8 Å². The molecule has 0 spiro atoms. The molecule has 1 aromatic rings. The fourth-order valence-electron chi connectivity index (χ4n) is 2.93. The Labute approximate surface area is 125 Å². The highest BCUT2D eigenvalue weighted by atomic mass is 16.4. The van der Waals surface area contributed by atoms with Crippen LogP contribution in [0.2, 0.25) is 0 Å². The molecule has 0 aliphatic heterocycles. The van der Waals surface area contributed by atoms with Crippen LogP contribution in [0.4, 0.5) is 5.69 Å². The molecule has 0 unspecified atom stereocenters. The number of carbonyl (C=O) groups is 2. The molecule has 1 saturated carbocycles. The van der Waals surface area contributed by atoms with Crippen molar-refractivity contribution in [1.82, 2.24) is 0 Å². The number of aliphatic carboxylic acids is 1. The number of carboxylic acid groups (broad SMARTS) is 1. The molecule has 2 N–H and O–H groups in total. The van der Waals surface area contributed by atoms with E-state index >= 15 is 0 Å². The zero-order valence-electron chi connectivity index (χ0n) is 12.6. The second kappa shape index (κ2) is 6.74. The summed E-state index contributed by atoms with van der Waals surface area (Å²) >= 11 is 0. The smallest absolute Gasteiger partial charge is 0.307 e. The van der Waals surface area contributed by atoms with E-state index in [1.165, 1.54) is 5.56 Å². The molecule has 1 fully saturated rings. The Morgan fingerprint density at radius 1 is 1.10 bits per heavy atom. The van der Waals surface area contributed by atoms with Crippen LogP contribution in [0.15, 0.2) is 24.3 Å². The van der Waals surface area contributed by atoms with Gasteiger partial charge >= 0.3 is 5.97 Å². The summed E-state index contributed by atoms with van der Waals surface area (Å²) in [5.74, 6) is -1.54. The van der Waals surface area contributed by atoms with Crippen molar-refractivity contribution in [3.8, 4) is 0 Å². The average Bonchev–Trinajstić information content (AvgIpc) is 2.47. The van der Waals surface area contributed by atoms with Crippen molar-refractivity contribution in [2.45, 2.75) is 45.4 Å². The molecule has 114 valence electrons. The van der Waals surface area contributed by atoms with Gasteiger partial charge in [0.15, 0.2) is 0 Å². The van der Waals surface area contributed by atoms with Crippen molar-refractivity contribution in [2.24, 2.45) is 11.8 Å². The van der Waals surface area contributed by atoms with Gasteiger partial charge < -0.3 is 10.4 Å². The van der Waals surface area contributed by atoms with Crippen LogP contribution in [0.5, 0.6) is 0 Å². The van der Waals surface area contributed by atoms with Gasteiger partial charge in [-0.15, -0.1) is 0 Å². The van der Waals surface area contributed by atoms with E-state index < -0.39 is 17.8 Å². The Bertz CT molecular complexity index is 507. The van der Waals surface area contributed by atoms with E-state index in [1.54, 1.807) is 0 Å². The van der Waals surface area contributed by atoms with Gasteiger partial charge in [-0.2, -0.15) is 0 Å². The van der Waals surface area contributed by atoms with Crippen LogP contribution in [0, 0.1) is 11.8 Å². The Hall–Kier alpha value is -1.84. The van der Waals surface area contributed by atoms with Crippen LogP contribution in [0.25, 0.3) is 0 Å². The van der Waals surface area contributed by atoms with Crippen molar-refractivity contribution >= 4 is 17.6 Å². The predicted molar refractivity (Wildman–Crippen MR) is 82.2 cm³/mol. The number of hydrogen-bond acceptors (Lipinski definition) is 2. The van der Waals surface area contributed by atoms with E-state index in [0.717, 1.165) is 18.5 Å². The summed E-state index contributed by atoms with van der Waals surface area (Å²) in [6, 6.07) is 7.75. The number of hydrogen-bond donors (Lipinski definition) is 2. The molecular weight excluding hydrogens is 266 g/mol. The Morgan fingerprint density at radius 3 is 2.19 bits per heavy atom. The van der Waals surface area contributed by atoms with Gasteiger partial charge in [0.25, 0.3) is 0 Å². The summed E-state index contributed by atoms with van der Waals surface area (Å²) < 4.78 is 0. The summed E-state index contributed by atoms with van der Waals surface area (Å²) in [5.41, 5.74) is 1.95. The fourth-order valence-corrected chi connectivity index (χ4v) is 2.93. The fraction of sp³-hybridized carbons (Fsp3) is 0.529. The van der Waals surface area contributed by atoms with E-state index in [4.69, 9.17) is 0 Å². The zero-order valence-corrected chi connectivity index (χ0v) is 12.6. The van der Waals surface area contributed by atoms with Crippen molar-refractivity contribution in [2.75, 3.05) is 5.32 Å². The summed E-state index contributed by atoms with van der Waals surface area (Å²) in [4.78, 5) is 23.6. The van der Waals surface area contributed by atoms with Crippen molar-refractivity contribution in [3.05, 3.63) is 29.8 Å². The Kier molecular flexibility index (Phi) is 4.99. The van der Waals surface area contributed by atoms with Gasteiger partial charge in [0.05, 0.1) is 11.8 Å². The summed E-state index contributed by atoms with van der Waals surface area (Å²) in [6.45, 7) is 4.24. The van der Waals surface area contributed by atoms with E-state index in [2.05, 4.69) is 19.2 Å². The number of nitrogens with one attached hydrogen (secondary N) is 1. The Balaban J connectivity index is 2.04. The number of anilines is 1. The Morgan fingerprint density at radius 2 is 1.67 bits per heavy atom. The lowest BCUT2D eigenvalue weighted by Gasteiger charge is -2.27. The highest BCUT2D eigenvalue weighted by Crippen LogP contribution is 2.31. The third-order valence-corrected chi connectivity index (χ3v) is 4.26. The minimum absolute atomic E-state index is 0.167. The van der Waals surface area contributed by atoms with E-state index in [-0.39, 0.29) is 5.91 Å². The molecule has 0 heterocycles. The molecule has 2 atom stereocenters. The molecular formula is C17H23NO3. The molecule has 0 aromatic heterocycles. The van der Waals surface area contributed by atoms with Crippen LogP contribution in [0.3, 0.4) is 0 Å². The van der Waals surface area contributed by atoms with Gasteiger partial charge in [0.2, 0.25) is 5.91 Å². The molecule has 1 aliphatic carbocycles. The van der Waals surface area contributed by atoms with E-state index in [1.807, 2.05) is 24.3 Å². The number of amides is 1. The molecule has 0 saturated heterocycles. The largest absolute Gasteiger partial charge is 0.481 e. The second-order valence-electron chi connectivity index (χ2n) is 6.10. The lowest BCUT2D eigenvalue weighted by Crippen LogP contribution is -2.36. The first kappa shape index (κ1) is 15.5. The predicted octanol–water partition coefficient (Wildman–Crippen LogP) is 3.64. The summed E-state index contributed by atoms with van der Waals surface area (Å²) in [7, 11) is 0. The lowest BCUT2D eigenvalue weighted by atomic mass is 9.78. The van der Waals surface area contributed by atoms with Crippen LogP contribution in [-0.2, 0) is 9.59 Å². The standard InChI is InChI=1S/C17H23NO3/c1-11(2)12-7-9-13(10-8-12)18-16(19)14-5-3-4-6-15(14)17(20)21/h7-11,14-15H,3-6H2,1-2H3,(H,18,19)(H,20,21)/t14-,15-/m0/s1. The zero-order chi connectivity index (χ0) is 15.4. The highest BCUT2D eigenvalue weighted by Gasteiger charge is 2.35.